The van der Waals surface area contributed by atoms with E-state index in [-0.39, 0.29) is 23.6 Å². The summed E-state index contributed by atoms with van der Waals surface area (Å²) in [5.41, 5.74) is 0.0623. The minimum Gasteiger partial charge on any atom is -0.460 e. The monoisotopic (exact) mass is 315 g/mol. The number of carbonyl (C=O) groups excluding carboxylic acids is 2. The standard InChI is InChI=1S/C19H25NO3/c1-18(2,3)15(11-16(21)23-19(4,5)6)17(22)14-9-7-13(12-20)8-10-14/h7-10,15H,11H2,1-6H3. The summed E-state index contributed by atoms with van der Waals surface area (Å²) in [6.07, 6.45) is 0.0413. The third kappa shape index (κ3) is 5.86. The Hall–Kier alpha value is -2.15. The van der Waals surface area contributed by atoms with Crippen molar-refractivity contribution < 1.29 is 14.3 Å². The van der Waals surface area contributed by atoms with Crippen LogP contribution in [0.4, 0.5) is 0 Å². The number of carbonyl (C=O) groups is 2. The molecule has 0 saturated heterocycles. The second-order valence-electron chi connectivity index (χ2n) is 7.76. The summed E-state index contributed by atoms with van der Waals surface area (Å²) in [4.78, 5) is 24.9. The Kier molecular flexibility index (Phi) is 5.71. The zero-order valence-electron chi connectivity index (χ0n) is 14.8. The van der Waals surface area contributed by atoms with Crippen LogP contribution in [0, 0.1) is 22.7 Å². The molecule has 1 atom stereocenters. The van der Waals surface area contributed by atoms with Gasteiger partial charge in [0.2, 0.25) is 0 Å². The molecule has 0 aliphatic carbocycles. The lowest BCUT2D eigenvalue weighted by atomic mass is 9.74. The van der Waals surface area contributed by atoms with E-state index >= 15 is 0 Å². The van der Waals surface area contributed by atoms with E-state index in [4.69, 9.17) is 10.00 Å². The van der Waals surface area contributed by atoms with Crippen LogP contribution in [0.15, 0.2) is 24.3 Å². The summed E-state index contributed by atoms with van der Waals surface area (Å²) >= 11 is 0. The summed E-state index contributed by atoms with van der Waals surface area (Å²) in [6, 6.07) is 8.52. The van der Waals surface area contributed by atoms with Crippen molar-refractivity contribution >= 4 is 11.8 Å². The highest BCUT2D eigenvalue weighted by molar-refractivity contribution is 6.00. The Balaban J connectivity index is 3.00. The first-order chi connectivity index (χ1) is 10.4. The molecule has 0 fully saturated rings. The molecule has 0 aromatic heterocycles. The zero-order chi connectivity index (χ0) is 17.8. The van der Waals surface area contributed by atoms with E-state index in [1.165, 1.54) is 0 Å². The van der Waals surface area contributed by atoms with Crippen LogP contribution in [-0.4, -0.2) is 17.4 Å². The van der Waals surface area contributed by atoms with Crippen molar-refractivity contribution in [2.75, 3.05) is 0 Å². The maximum absolute atomic E-state index is 12.8. The number of rotatable bonds is 4. The number of nitrogens with zero attached hydrogens (tertiary/aromatic N) is 1. The smallest absolute Gasteiger partial charge is 0.307 e. The molecule has 0 aliphatic rings. The van der Waals surface area contributed by atoms with E-state index in [0.717, 1.165) is 0 Å². The van der Waals surface area contributed by atoms with Gasteiger partial charge in [-0.1, -0.05) is 32.9 Å². The first-order valence-electron chi connectivity index (χ1n) is 7.70. The maximum Gasteiger partial charge on any atom is 0.307 e. The van der Waals surface area contributed by atoms with Gasteiger partial charge in [0.25, 0.3) is 0 Å². The normalized spacial score (nSPS) is 13.1. The van der Waals surface area contributed by atoms with Crippen LogP contribution in [0.3, 0.4) is 0 Å². The lowest BCUT2D eigenvalue weighted by molar-refractivity contribution is -0.156. The number of ether oxygens (including phenoxy) is 1. The minimum atomic E-state index is -0.572. The maximum atomic E-state index is 12.8. The predicted octanol–water partition coefficient (Wildman–Crippen LogP) is 4.14. The molecule has 0 bridgehead atoms. The summed E-state index contributed by atoms with van der Waals surface area (Å²) in [7, 11) is 0. The first-order valence-corrected chi connectivity index (χ1v) is 7.70. The Morgan fingerprint density at radius 3 is 2.00 bits per heavy atom. The molecular weight excluding hydrogens is 290 g/mol. The highest BCUT2D eigenvalue weighted by Gasteiger charge is 2.35. The number of nitriles is 1. The molecule has 124 valence electrons. The summed E-state index contributed by atoms with van der Waals surface area (Å²) in [5, 5.41) is 8.84. The van der Waals surface area contributed by atoms with E-state index in [2.05, 4.69) is 0 Å². The van der Waals surface area contributed by atoms with E-state index in [9.17, 15) is 9.59 Å². The van der Waals surface area contributed by atoms with Gasteiger partial charge >= 0.3 is 5.97 Å². The topological polar surface area (TPSA) is 67.2 Å². The van der Waals surface area contributed by atoms with Crippen LogP contribution >= 0.6 is 0 Å². The minimum absolute atomic E-state index is 0.0413. The number of Topliss-reactive ketones (excluding diaryl/α,β-unsaturated/α-hetero) is 1. The Morgan fingerprint density at radius 2 is 1.61 bits per heavy atom. The number of hydrogen-bond acceptors (Lipinski definition) is 4. The predicted molar refractivity (Wildman–Crippen MR) is 88.9 cm³/mol. The average molecular weight is 315 g/mol. The quantitative estimate of drug-likeness (QED) is 0.618. The zero-order valence-corrected chi connectivity index (χ0v) is 14.8. The summed E-state index contributed by atoms with van der Waals surface area (Å²) < 4.78 is 5.35. The summed E-state index contributed by atoms with van der Waals surface area (Å²) in [6.45, 7) is 11.2. The Bertz CT molecular complexity index is 610. The molecule has 4 heteroatoms. The van der Waals surface area contributed by atoms with Crippen molar-refractivity contribution in [2.45, 2.75) is 53.6 Å². The fraction of sp³-hybridized carbons (Fsp3) is 0.526. The van der Waals surface area contributed by atoms with Gasteiger partial charge < -0.3 is 4.74 Å². The number of hydrogen-bond donors (Lipinski definition) is 0. The van der Waals surface area contributed by atoms with Crippen LogP contribution < -0.4 is 0 Å². The second-order valence-corrected chi connectivity index (χ2v) is 7.76. The molecule has 4 nitrogen and oxygen atoms in total. The van der Waals surface area contributed by atoms with E-state index in [1.807, 2.05) is 26.8 Å². The third-order valence-electron chi connectivity index (χ3n) is 3.45. The first kappa shape index (κ1) is 18.9. The van der Waals surface area contributed by atoms with Crippen molar-refractivity contribution in [2.24, 2.45) is 11.3 Å². The van der Waals surface area contributed by atoms with Gasteiger partial charge in [0.1, 0.15) is 5.60 Å². The van der Waals surface area contributed by atoms with Gasteiger partial charge in [0, 0.05) is 11.5 Å². The Morgan fingerprint density at radius 1 is 1.09 bits per heavy atom. The van der Waals surface area contributed by atoms with E-state index in [0.29, 0.717) is 11.1 Å². The molecule has 0 amide bonds. The molecule has 0 heterocycles. The van der Waals surface area contributed by atoms with Gasteiger partial charge in [-0.2, -0.15) is 5.26 Å². The molecule has 0 radical (unpaired) electrons. The molecule has 1 rings (SSSR count). The molecule has 23 heavy (non-hydrogen) atoms. The van der Waals surface area contributed by atoms with Crippen molar-refractivity contribution in [1.82, 2.24) is 0 Å². The SMILES string of the molecule is CC(C)(C)OC(=O)CC(C(=O)c1ccc(C#N)cc1)C(C)(C)C. The van der Waals surface area contributed by atoms with E-state index < -0.39 is 11.5 Å². The molecule has 0 aliphatic heterocycles. The van der Waals surface area contributed by atoms with Gasteiger partial charge in [-0.3, -0.25) is 9.59 Å². The average Bonchev–Trinajstić information content (AvgIpc) is 2.41. The second kappa shape index (κ2) is 6.95. The van der Waals surface area contributed by atoms with Crippen molar-refractivity contribution in [1.29, 1.82) is 5.26 Å². The largest absolute Gasteiger partial charge is 0.460 e. The van der Waals surface area contributed by atoms with Crippen LogP contribution in [0.2, 0.25) is 0 Å². The van der Waals surface area contributed by atoms with Crippen molar-refractivity contribution in [3.05, 3.63) is 35.4 Å². The lowest BCUT2D eigenvalue weighted by Crippen LogP contribution is -2.33. The number of benzene rings is 1. The van der Waals surface area contributed by atoms with Gasteiger partial charge in [0.15, 0.2) is 5.78 Å². The molecular formula is C19H25NO3. The lowest BCUT2D eigenvalue weighted by Gasteiger charge is -2.30. The number of esters is 1. The molecule has 1 unspecified atom stereocenters. The van der Waals surface area contributed by atoms with Crippen LogP contribution in [0.5, 0.6) is 0 Å². The Labute approximate surface area is 138 Å². The molecule has 0 spiro atoms. The highest BCUT2D eigenvalue weighted by atomic mass is 16.6. The number of ketones is 1. The molecule has 1 aromatic carbocycles. The molecule has 1 aromatic rings. The van der Waals surface area contributed by atoms with Crippen molar-refractivity contribution in [3.63, 3.8) is 0 Å². The molecule has 0 N–H and O–H groups in total. The highest BCUT2D eigenvalue weighted by Crippen LogP contribution is 2.32. The summed E-state index contributed by atoms with van der Waals surface area (Å²) in [5.74, 6) is -0.961. The van der Waals surface area contributed by atoms with Gasteiger partial charge in [-0.05, 0) is 38.3 Å². The van der Waals surface area contributed by atoms with Gasteiger partial charge in [0.05, 0.1) is 18.1 Å². The van der Waals surface area contributed by atoms with E-state index in [1.54, 1.807) is 45.0 Å². The molecule has 0 saturated carbocycles. The van der Waals surface area contributed by atoms with Crippen molar-refractivity contribution in [3.8, 4) is 6.07 Å². The van der Waals surface area contributed by atoms with Gasteiger partial charge in [-0.15, -0.1) is 0 Å². The third-order valence-corrected chi connectivity index (χ3v) is 3.45. The van der Waals surface area contributed by atoms with Crippen LogP contribution in [0.25, 0.3) is 0 Å². The fourth-order valence-corrected chi connectivity index (χ4v) is 2.25. The van der Waals surface area contributed by atoms with Crippen LogP contribution in [0.1, 0.15) is 63.9 Å². The van der Waals surface area contributed by atoms with Crippen LogP contribution in [-0.2, 0) is 9.53 Å². The van der Waals surface area contributed by atoms with Gasteiger partial charge in [-0.25, -0.2) is 0 Å². The fourth-order valence-electron chi connectivity index (χ4n) is 2.25.